The Morgan fingerprint density at radius 1 is 0.559 bits per heavy atom. The van der Waals surface area contributed by atoms with Crippen LogP contribution in [0.25, 0.3) is 0 Å². The van der Waals surface area contributed by atoms with E-state index in [4.69, 9.17) is 0 Å². The van der Waals surface area contributed by atoms with Gasteiger partial charge in [0.15, 0.2) is 0 Å². The normalized spacial score (nSPS) is 19.2. The third-order valence-corrected chi connectivity index (χ3v) is 14.0. The van der Waals surface area contributed by atoms with E-state index in [-0.39, 0.29) is 0 Å². The number of nitrogens with one attached hydrogen (secondary N) is 3. The van der Waals surface area contributed by atoms with Crippen molar-refractivity contribution in [2.75, 3.05) is 164 Å². The summed E-state index contributed by atoms with van der Waals surface area (Å²) in [4.78, 5) is 17.4. The van der Waals surface area contributed by atoms with Gasteiger partial charge in [-0.2, -0.15) is 13.2 Å². The average molecular weight is 951 g/mol. The van der Waals surface area contributed by atoms with Gasteiger partial charge in [0.1, 0.15) is 0 Å². The summed E-state index contributed by atoms with van der Waals surface area (Å²) in [6, 6.07) is 28.6. The van der Waals surface area contributed by atoms with Crippen LogP contribution in [-0.2, 0) is 6.18 Å². The van der Waals surface area contributed by atoms with Crippen LogP contribution in [0.2, 0.25) is 0 Å². The molecule has 0 radical (unpaired) electrons. The number of anilines is 1. The Hall–Kier alpha value is -3.11. The third-order valence-electron chi connectivity index (χ3n) is 14.0. The third kappa shape index (κ3) is 21.5. The molecule has 3 aromatic carbocycles. The largest absolute Gasteiger partial charge is 0.416 e. The van der Waals surface area contributed by atoms with Gasteiger partial charge in [0.05, 0.1) is 11.6 Å². The van der Waals surface area contributed by atoms with Gasteiger partial charge in [-0.25, -0.2) is 0 Å². The van der Waals surface area contributed by atoms with Gasteiger partial charge in [-0.3, -0.25) is 14.7 Å². The lowest BCUT2D eigenvalue weighted by Crippen LogP contribution is -2.48. The van der Waals surface area contributed by atoms with Crippen LogP contribution in [0.15, 0.2) is 84.9 Å². The maximum Gasteiger partial charge on any atom is 0.416 e. The summed E-state index contributed by atoms with van der Waals surface area (Å²) in [5, 5.41) is 9.54. The molecule has 10 nitrogen and oxygen atoms in total. The first-order valence-electron chi connectivity index (χ1n) is 26.4. The van der Waals surface area contributed by atoms with E-state index >= 15 is 0 Å². The maximum absolute atomic E-state index is 12.5. The van der Waals surface area contributed by atoms with Crippen LogP contribution in [0, 0.1) is 0 Å². The lowest BCUT2D eigenvalue weighted by molar-refractivity contribution is -0.137. The molecule has 4 fully saturated rings. The average Bonchev–Trinajstić information content (AvgIpc) is 3.83. The molecule has 1 atom stereocenters. The minimum atomic E-state index is -4.26. The number of piperazine rings is 3. The summed E-state index contributed by atoms with van der Waals surface area (Å²) >= 11 is 0. The number of halogens is 3. The first-order valence-corrected chi connectivity index (χ1v) is 26.4. The summed E-state index contributed by atoms with van der Waals surface area (Å²) in [5.74, 6) is 0. The molecule has 0 aromatic heterocycles. The highest BCUT2D eigenvalue weighted by Crippen LogP contribution is 2.31. The molecule has 13 heteroatoms. The Bertz CT molecular complexity index is 1610. The predicted octanol–water partition coefficient (Wildman–Crippen LogP) is 7.94. The summed E-state index contributed by atoms with van der Waals surface area (Å²) < 4.78 is 37.6. The van der Waals surface area contributed by atoms with Crippen molar-refractivity contribution in [2.24, 2.45) is 0 Å². The van der Waals surface area contributed by atoms with Crippen LogP contribution in [0.3, 0.4) is 0 Å². The monoisotopic (exact) mass is 951 g/mol. The number of likely N-dealkylation sites (tertiary alicyclic amines) is 1. The molecular weight excluding hydrogens is 858 g/mol. The van der Waals surface area contributed by atoms with Gasteiger partial charge < -0.3 is 35.6 Å². The van der Waals surface area contributed by atoms with Crippen molar-refractivity contribution < 1.29 is 13.2 Å². The highest BCUT2D eigenvalue weighted by Gasteiger charge is 2.30. The Balaban J connectivity index is 0.000000211. The van der Waals surface area contributed by atoms with E-state index in [0.29, 0.717) is 6.04 Å². The molecule has 3 aromatic rings. The Labute approximate surface area is 412 Å². The smallest absolute Gasteiger partial charge is 0.369 e. The van der Waals surface area contributed by atoms with Crippen molar-refractivity contribution in [2.45, 2.75) is 83.5 Å². The van der Waals surface area contributed by atoms with Crippen LogP contribution in [-0.4, -0.2) is 195 Å². The number of benzene rings is 3. The molecule has 0 aliphatic carbocycles. The molecular formula is C55H93F3N10. The molecule has 0 spiro atoms. The number of rotatable bonds is 20. The van der Waals surface area contributed by atoms with E-state index < -0.39 is 11.7 Å². The second kappa shape index (κ2) is 33.5. The topological polar surface area (TPSA) is 58.8 Å². The molecule has 4 saturated heterocycles. The molecule has 4 heterocycles. The van der Waals surface area contributed by atoms with Crippen LogP contribution < -0.4 is 20.9 Å². The van der Waals surface area contributed by atoms with Gasteiger partial charge in [-0.05, 0) is 142 Å². The van der Waals surface area contributed by atoms with E-state index in [1.165, 1.54) is 122 Å². The van der Waals surface area contributed by atoms with Crippen LogP contribution in [0.1, 0.15) is 87.9 Å². The second-order valence-corrected chi connectivity index (χ2v) is 19.1. The summed E-state index contributed by atoms with van der Waals surface area (Å²) in [6.07, 6.45) is 6.35. The molecule has 4 aliphatic heterocycles. The zero-order valence-electron chi connectivity index (χ0n) is 43.3. The maximum atomic E-state index is 12.5. The first kappa shape index (κ1) is 57.5. The van der Waals surface area contributed by atoms with E-state index in [0.717, 1.165) is 95.7 Å². The SMILES string of the molecule is CCCCCCN1CCN(C(c2ccccc2)c2ccccc2)CC1.CCN1CCCC1CNC.CNCCCN1CCN(C)CC1.CNCCCN1CCN(c2ccc(C(F)(F)F)cc2)CC1. The molecule has 7 rings (SSSR count). The zero-order valence-corrected chi connectivity index (χ0v) is 43.3. The van der Waals surface area contributed by atoms with Crippen molar-refractivity contribution in [1.29, 1.82) is 0 Å². The number of nitrogens with zero attached hydrogens (tertiary/aromatic N) is 7. The second-order valence-electron chi connectivity index (χ2n) is 19.1. The Morgan fingerprint density at radius 3 is 1.53 bits per heavy atom. The molecule has 68 heavy (non-hydrogen) atoms. The molecule has 0 amide bonds. The van der Waals surface area contributed by atoms with Gasteiger partial charge in [-0.1, -0.05) is 93.8 Å². The minimum absolute atomic E-state index is 0.379. The molecule has 0 saturated carbocycles. The predicted molar refractivity (Wildman–Crippen MR) is 282 cm³/mol. The van der Waals surface area contributed by atoms with Crippen molar-refractivity contribution in [3.8, 4) is 0 Å². The van der Waals surface area contributed by atoms with Gasteiger partial charge in [-0.15, -0.1) is 0 Å². The van der Waals surface area contributed by atoms with E-state index in [9.17, 15) is 13.2 Å². The fourth-order valence-corrected chi connectivity index (χ4v) is 9.79. The summed E-state index contributed by atoms with van der Waals surface area (Å²) in [7, 11) is 8.20. The molecule has 1 unspecified atom stereocenters. The zero-order chi connectivity index (χ0) is 48.8. The molecule has 3 N–H and O–H groups in total. The fourth-order valence-electron chi connectivity index (χ4n) is 9.79. The Kier molecular flexibility index (Phi) is 28.3. The van der Waals surface area contributed by atoms with Crippen molar-refractivity contribution in [3.63, 3.8) is 0 Å². The number of hydrogen-bond acceptors (Lipinski definition) is 10. The van der Waals surface area contributed by atoms with Gasteiger partial charge >= 0.3 is 6.18 Å². The molecule has 0 bridgehead atoms. The fraction of sp³-hybridized carbons (Fsp3) is 0.673. The summed E-state index contributed by atoms with van der Waals surface area (Å²) in [6.45, 7) is 27.3. The van der Waals surface area contributed by atoms with Crippen LogP contribution in [0.4, 0.5) is 18.9 Å². The molecule has 384 valence electrons. The van der Waals surface area contributed by atoms with Crippen molar-refractivity contribution in [1.82, 2.24) is 45.3 Å². The molecule has 4 aliphatic rings. The number of unbranched alkanes of at least 4 members (excludes halogenated alkanes) is 3. The van der Waals surface area contributed by atoms with Crippen LogP contribution in [0.5, 0.6) is 0 Å². The lowest BCUT2D eigenvalue weighted by atomic mass is 9.96. The van der Waals surface area contributed by atoms with E-state index in [1.807, 2.05) is 21.1 Å². The lowest BCUT2D eigenvalue weighted by Gasteiger charge is -2.39. The van der Waals surface area contributed by atoms with Gasteiger partial charge in [0.2, 0.25) is 0 Å². The van der Waals surface area contributed by atoms with E-state index in [1.54, 1.807) is 12.1 Å². The number of hydrogen-bond donors (Lipinski definition) is 3. The van der Waals surface area contributed by atoms with Crippen molar-refractivity contribution in [3.05, 3.63) is 102 Å². The Morgan fingerprint density at radius 2 is 1.06 bits per heavy atom. The van der Waals surface area contributed by atoms with Crippen LogP contribution >= 0.6 is 0 Å². The quantitative estimate of drug-likeness (QED) is 0.0975. The van der Waals surface area contributed by atoms with E-state index in [2.05, 4.69) is 132 Å². The van der Waals surface area contributed by atoms with Gasteiger partial charge in [0, 0.05) is 96.8 Å². The minimum Gasteiger partial charge on any atom is -0.369 e. The summed E-state index contributed by atoms with van der Waals surface area (Å²) in [5.41, 5.74) is 3.10. The standard InChI is InChI=1S/C23H32N2.C15H22F3N3.C9H21N3.C8H18N2/c1-2-3-4-11-16-24-17-19-25(20-18-24)23(21-12-7-5-8-13-21)22-14-9-6-10-15-22;1-19-7-2-8-20-9-11-21(12-10-20)14-5-3-13(4-6-14)15(16,17)18;1-10-4-3-5-12-8-6-11(2)7-9-12;1-3-10-6-4-5-8(10)7-9-2/h5-10,12-15,23H,2-4,11,16-20H2,1H3;3-6,19H,2,7-12H2,1H3;10H,3-9H2,1-2H3;8-9H,3-7H2,1-2H3. The van der Waals surface area contributed by atoms with Gasteiger partial charge in [0.25, 0.3) is 0 Å². The van der Waals surface area contributed by atoms with Crippen molar-refractivity contribution >= 4 is 5.69 Å². The number of alkyl halides is 3. The number of likely N-dealkylation sites (N-methyl/N-ethyl adjacent to an activating group) is 3. The highest BCUT2D eigenvalue weighted by atomic mass is 19.4. The first-order chi connectivity index (χ1) is 33.1. The highest BCUT2D eigenvalue weighted by molar-refractivity contribution is 5.48.